The number of ether oxygens (including phenoxy) is 3. The highest BCUT2D eigenvalue weighted by Crippen LogP contribution is 2.25. The topological polar surface area (TPSA) is 78.9 Å². The van der Waals surface area contributed by atoms with E-state index in [1.165, 1.54) is 25.7 Å². The number of hydrogen-bond acceptors (Lipinski definition) is 6. The van der Waals surface area contributed by atoms with Crippen molar-refractivity contribution in [1.29, 1.82) is 0 Å². The second-order valence-electron chi connectivity index (χ2n) is 12.8. The van der Waals surface area contributed by atoms with Crippen molar-refractivity contribution in [3.63, 3.8) is 0 Å². The van der Waals surface area contributed by atoms with Crippen molar-refractivity contribution >= 4 is 17.9 Å². The van der Waals surface area contributed by atoms with E-state index >= 15 is 0 Å². The Morgan fingerprint density at radius 2 is 0.776 bits per heavy atom. The molecule has 0 unspecified atom stereocenters. The summed E-state index contributed by atoms with van der Waals surface area (Å²) in [6.45, 7) is 8.25. The van der Waals surface area contributed by atoms with Gasteiger partial charge in [0.1, 0.15) is 5.75 Å². The second-order valence-corrected chi connectivity index (χ2v) is 12.8. The molecule has 0 bridgehead atoms. The van der Waals surface area contributed by atoms with Gasteiger partial charge in [-0.1, -0.05) is 101 Å². The minimum atomic E-state index is -0.455. The summed E-state index contributed by atoms with van der Waals surface area (Å²) in [5.74, 6) is -0.639. The molecule has 258 valence electrons. The predicted octanol–water partition coefficient (Wildman–Crippen LogP) is 11.3. The van der Waals surface area contributed by atoms with E-state index in [1.807, 2.05) is 62.4 Å². The van der Waals surface area contributed by atoms with Crippen LogP contribution in [-0.4, -0.2) is 30.1 Å². The number of rotatable bonds is 18. The van der Waals surface area contributed by atoms with Crippen LogP contribution in [0, 0.1) is 0 Å². The maximum atomic E-state index is 12.9. The maximum Gasteiger partial charge on any atom is 0.343 e. The van der Waals surface area contributed by atoms with Crippen molar-refractivity contribution in [2.24, 2.45) is 0 Å². The first-order valence-corrected chi connectivity index (χ1v) is 17.8. The van der Waals surface area contributed by atoms with E-state index in [0.717, 1.165) is 60.8 Å². The smallest absolute Gasteiger partial charge is 0.343 e. The predicted molar refractivity (Wildman–Crippen MR) is 196 cm³/mol. The Morgan fingerprint density at radius 1 is 0.449 bits per heavy atom. The Kier molecular flexibility index (Phi) is 14.6. The van der Waals surface area contributed by atoms with E-state index in [2.05, 4.69) is 13.8 Å². The summed E-state index contributed by atoms with van der Waals surface area (Å²) in [4.78, 5) is 38.0. The van der Waals surface area contributed by atoms with Gasteiger partial charge in [0.05, 0.1) is 28.9 Å². The third-order valence-corrected chi connectivity index (χ3v) is 8.64. The summed E-state index contributed by atoms with van der Waals surface area (Å²) in [5.41, 5.74) is 5.19. The van der Waals surface area contributed by atoms with Crippen LogP contribution in [0.4, 0.5) is 0 Å². The molecule has 0 aliphatic carbocycles. The molecule has 49 heavy (non-hydrogen) atoms. The highest BCUT2D eigenvalue weighted by molar-refractivity contribution is 5.92. The molecule has 4 rings (SSSR count). The molecule has 4 aromatic rings. The molecule has 0 aliphatic heterocycles. The molecular formula is C43H50O6. The SMILES string of the molecule is CCCCCC[C@H](C)OC(=O)c1ccc(-c2ccc(OC(=O)c3ccc(-c4ccc(C(=O)O[C@@H](C)CCCCCC)cc4)cc3)cc2)cc1. The molecule has 0 aromatic heterocycles. The largest absolute Gasteiger partial charge is 0.459 e. The second kappa shape index (κ2) is 19.3. The Balaban J connectivity index is 1.26. The molecule has 0 saturated carbocycles. The van der Waals surface area contributed by atoms with Crippen LogP contribution in [0.25, 0.3) is 22.3 Å². The molecule has 6 heteroatoms. The maximum absolute atomic E-state index is 12.9. The minimum Gasteiger partial charge on any atom is -0.459 e. The van der Waals surface area contributed by atoms with Gasteiger partial charge in [-0.3, -0.25) is 0 Å². The van der Waals surface area contributed by atoms with Gasteiger partial charge in [0, 0.05) is 0 Å². The van der Waals surface area contributed by atoms with Crippen LogP contribution in [0.15, 0.2) is 97.1 Å². The van der Waals surface area contributed by atoms with Gasteiger partial charge in [-0.05, 0) is 110 Å². The molecule has 0 aliphatic rings. The monoisotopic (exact) mass is 662 g/mol. The molecule has 0 radical (unpaired) electrons. The Hall–Kier alpha value is -4.71. The highest BCUT2D eigenvalue weighted by atomic mass is 16.5. The van der Waals surface area contributed by atoms with Crippen LogP contribution in [0.3, 0.4) is 0 Å². The first kappa shape index (κ1) is 37.1. The van der Waals surface area contributed by atoms with Gasteiger partial charge in [0.15, 0.2) is 0 Å². The van der Waals surface area contributed by atoms with Crippen molar-refractivity contribution < 1.29 is 28.6 Å². The zero-order valence-electron chi connectivity index (χ0n) is 29.4. The van der Waals surface area contributed by atoms with E-state index in [0.29, 0.717) is 22.4 Å². The normalized spacial score (nSPS) is 12.2. The van der Waals surface area contributed by atoms with Crippen LogP contribution < -0.4 is 4.74 Å². The summed E-state index contributed by atoms with van der Waals surface area (Å²) >= 11 is 0. The first-order valence-electron chi connectivity index (χ1n) is 17.8. The van der Waals surface area contributed by atoms with Crippen LogP contribution in [0.5, 0.6) is 5.75 Å². The quantitative estimate of drug-likeness (QED) is 0.0599. The molecule has 4 aromatic carbocycles. The molecule has 0 fully saturated rings. The Morgan fingerprint density at radius 3 is 1.12 bits per heavy atom. The van der Waals surface area contributed by atoms with Gasteiger partial charge in [-0.15, -0.1) is 0 Å². The van der Waals surface area contributed by atoms with Gasteiger partial charge in [0.2, 0.25) is 0 Å². The Bertz CT molecular complexity index is 1610. The van der Waals surface area contributed by atoms with E-state index in [1.54, 1.807) is 48.5 Å². The Labute approximate surface area is 291 Å². The van der Waals surface area contributed by atoms with Crippen LogP contribution in [0.1, 0.15) is 123 Å². The van der Waals surface area contributed by atoms with Gasteiger partial charge < -0.3 is 14.2 Å². The lowest BCUT2D eigenvalue weighted by Gasteiger charge is -2.13. The van der Waals surface area contributed by atoms with Crippen LogP contribution in [-0.2, 0) is 9.47 Å². The number of carbonyl (C=O) groups is 3. The zero-order valence-corrected chi connectivity index (χ0v) is 29.4. The van der Waals surface area contributed by atoms with Crippen LogP contribution in [0.2, 0.25) is 0 Å². The summed E-state index contributed by atoms with van der Waals surface area (Å²) in [5, 5.41) is 0. The van der Waals surface area contributed by atoms with E-state index in [9.17, 15) is 14.4 Å². The van der Waals surface area contributed by atoms with Gasteiger partial charge in [-0.25, -0.2) is 14.4 Å². The summed E-state index contributed by atoms with van der Waals surface area (Å²) in [6, 6.07) is 29.1. The molecule has 0 saturated heterocycles. The van der Waals surface area contributed by atoms with E-state index in [-0.39, 0.29) is 24.1 Å². The third kappa shape index (κ3) is 11.7. The van der Waals surface area contributed by atoms with Gasteiger partial charge in [0.25, 0.3) is 0 Å². The zero-order chi connectivity index (χ0) is 35.0. The number of hydrogen-bond donors (Lipinski definition) is 0. The highest BCUT2D eigenvalue weighted by Gasteiger charge is 2.15. The van der Waals surface area contributed by atoms with Gasteiger partial charge in [-0.2, -0.15) is 0 Å². The van der Waals surface area contributed by atoms with Crippen molar-refractivity contribution in [3.8, 4) is 28.0 Å². The van der Waals surface area contributed by atoms with Gasteiger partial charge >= 0.3 is 17.9 Å². The summed E-state index contributed by atoms with van der Waals surface area (Å²) in [6.07, 6.45) is 10.8. The molecule has 0 N–H and O–H groups in total. The van der Waals surface area contributed by atoms with Crippen LogP contribution >= 0.6 is 0 Å². The van der Waals surface area contributed by atoms with E-state index < -0.39 is 5.97 Å². The lowest BCUT2D eigenvalue weighted by molar-refractivity contribution is 0.0309. The van der Waals surface area contributed by atoms with Crippen molar-refractivity contribution in [2.75, 3.05) is 0 Å². The summed E-state index contributed by atoms with van der Waals surface area (Å²) < 4.78 is 16.9. The first-order chi connectivity index (χ1) is 23.8. The molecule has 2 atom stereocenters. The fraction of sp³-hybridized carbons (Fsp3) is 0.372. The number of unbranched alkanes of at least 4 members (excludes halogenated alkanes) is 6. The molecule has 6 nitrogen and oxygen atoms in total. The molecule has 0 amide bonds. The van der Waals surface area contributed by atoms with Crippen molar-refractivity contribution in [3.05, 3.63) is 114 Å². The number of benzene rings is 4. The number of esters is 3. The molecule has 0 heterocycles. The fourth-order valence-corrected chi connectivity index (χ4v) is 5.61. The molecule has 0 spiro atoms. The average Bonchev–Trinajstić information content (AvgIpc) is 3.12. The fourth-order valence-electron chi connectivity index (χ4n) is 5.61. The van der Waals surface area contributed by atoms with Crippen molar-refractivity contribution in [1.82, 2.24) is 0 Å². The summed E-state index contributed by atoms with van der Waals surface area (Å²) in [7, 11) is 0. The average molecular weight is 663 g/mol. The third-order valence-electron chi connectivity index (χ3n) is 8.64. The van der Waals surface area contributed by atoms with E-state index in [4.69, 9.17) is 14.2 Å². The van der Waals surface area contributed by atoms with Crippen molar-refractivity contribution in [2.45, 2.75) is 104 Å². The lowest BCUT2D eigenvalue weighted by atomic mass is 10.0. The molecular weight excluding hydrogens is 612 g/mol. The minimum absolute atomic E-state index is 0.105. The number of carbonyl (C=O) groups excluding carboxylic acids is 3. The standard InChI is InChI=1S/C43H50O6/c1-5-7-9-11-13-31(3)47-41(44)37-21-15-33(16-22-37)34-19-25-39(26-20-34)43(46)49-40-29-27-36(28-30-40)35-17-23-38(24-18-35)42(45)48-32(4)14-12-10-8-6-2/h15-32H,5-14H2,1-4H3/t31-,32-/m0/s1. The lowest BCUT2D eigenvalue weighted by Crippen LogP contribution is -2.15.